The molecule has 2 aromatic rings. The van der Waals surface area contributed by atoms with Gasteiger partial charge >= 0.3 is 5.97 Å². The Kier molecular flexibility index (Phi) is 1.48. The quantitative estimate of drug-likeness (QED) is 0.650. The molecule has 0 aliphatic carbocycles. The minimum Gasteiger partial charge on any atom is -0.478 e. The van der Waals surface area contributed by atoms with E-state index in [4.69, 9.17) is 5.11 Å². The standard InChI is InChI=1S/C9H7NO3/c11-9(12)7-1-2-8-6(5-7)3-4-10(8)13/h1-5,13H,(H,11,12). The van der Waals surface area contributed by atoms with Crippen molar-refractivity contribution >= 4 is 16.9 Å². The van der Waals surface area contributed by atoms with E-state index in [1.54, 1.807) is 12.1 Å². The number of nitrogens with zero attached hydrogens (tertiary/aromatic N) is 1. The highest BCUT2D eigenvalue weighted by molar-refractivity contribution is 5.93. The lowest BCUT2D eigenvalue weighted by atomic mass is 10.1. The Bertz CT molecular complexity index is 473. The second kappa shape index (κ2) is 2.52. The molecule has 4 heteroatoms. The van der Waals surface area contributed by atoms with Gasteiger partial charge in [0.15, 0.2) is 0 Å². The van der Waals surface area contributed by atoms with Crippen molar-refractivity contribution in [1.82, 2.24) is 4.73 Å². The molecule has 4 nitrogen and oxygen atoms in total. The van der Waals surface area contributed by atoms with Crippen molar-refractivity contribution in [3.05, 3.63) is 36.0 Å². The molecular formula is C9H7NO3. The molecule has 0 saturated carbocycles. The third kappa shape index (κ3) is 1.12. The largest absolute Gasteiger partial charge is 0.478 e. The number of hydrogen-bond donors (Lipinski definition) is 2. The molecule has 0 bridgehead atoms. The first-order valence-electron chi connectivity index (χ1n) is 3.72. The van der Waals surface area contributed by atoms with E-state index in [0.717, 1.165) is 4.73 Å². The summed E-state index contributed by atoms with van der Waals surface area (Å²) < 4.78 is 0.959. The smallest absolute Gasteiger partial charge is 0.335 e. The van der Waals surface area contributed by atoms with Crippen LogP contribution in [0.15, 0.2) is 30.5 Å². The van der Waals surface area contributed by atoms with Gasteiger partial charge in [-0.15, -0.1) is 0 Å². The van der Waals surface area contributed by atoms with Crippen LogP contribution in [0.2, 0.25) is 0 Å². The summed E-state index contributed by atoms with van der Waals surface area (Å²) in [6, 6.07) is 6.20. The van der Waals surface area contributed by atoms with Crippen molar-refractivity contribution in [3.8, 4) is 0 Å². The van der Waals surface area contributed by atoms with E-state index in [9.17, 15) is 10.0 Å². The van der Waals surface area contributed by atoms with Gasteiger partial charge in [-0.1, -0.05) is 0 Å². The van der Waals surface area contributed by atoms with Crippen molar-refractivity contribution in [1.29, 1.82) is 0 Å². The van der Waals surface area contributed by atoms with E-state index < -0.39 is 5.97 Å². The Balaban J connectivity index is 2.70. The monoisotopic (exact) mass is 177 g/mol. The first-order chi connectivity index (χ1) is 6.18. The maximum Gasteiger partial charge on any atom is 0.335 e. The van der Waals surface area contributed by atoms with Gasteiger partial charge in [-0.2, -0.15) is 4.73 Å². The molecule has 0 aliphatic heterocycles. The van der Waals surface area contributed by atoms with Gasteiger partial charge in [0.1, 0.15) is 0 Å². The average Bonchev–Trinajstić information content (AvgIpc) is 2.47. The molecule has 0 atom stereocenters. The van der Waals surface area contributed by atoms with Crippen molar-refractivity contribution in [2.24, 2.45) is 0 Å². The number of fused-ring (bicyclic) bond motifs is 1. The van der Waals surface area contributed by atoms with Crippen LogP contribution in [0.5, 0.6) is 0 Å². The topological polar surface area (TPSA) is 62.5 Å². The molecule has 2 rings (SSSR count). The van der Waals surface area contributed by atoms with Crippen LogP contribution in [0.4, 0.5) is 0 Å². The lowest BCUT2D eigenvalue weighted by molar-refractivity contribution is 0.0697. The zero-order valence-electron chi connectivity index (χ0n) is 6.64. The molecule has 0 aliphatic rings. The van der Waals surface area contributed by atoms with Crippen LogP contribution < -0.4 is 0 Å². The third-order valence-electron chi connectivity index (χ3n) is 1.92. The number of rotatable bonds is 1. The molecular weight excluding hydrogens is 170 g/mol. The molecule has 0 spiro atoms. The first kappa shape index (κ1) is 7.67. The zero-order chi connectivity index (χ0) is 9.42. The van der Waals surface area contributed by atoms with Crippen LogP contribution in [0.1, 0.15) is 10.4 Å². The van der Waals surface area contributed by atoms with Gasteiger partial charge in [-0.3, -0.25) is 0 Å². The van der Waals surface area contributed by atoms with Gasteiger partial charge in [0.2, 0.25) is 0 Å². The van der Waals surface area contributed by atoms with Gasteiger partial charge < -0.3 is 10.3 Å². The third-order valence-corrected chi connectivity index (χ3v) is 1.92. The van der Waals surface area contributed by atoms with Crippen molar-refractivity contribution in [2.45, 2.75) is 0 Å². The van der Waals surface area contributed by atoms with Crippen LogP contribution in [0, 0.1) is 0 Å². The Morgan fingerprint density at radius 3 is 2.77 bits per heavy atom. The van der Waals surface area contributed by atoms with E-state index >= 15 is 0 Å². The average molecular weight is 177 g/mol. The van der Waals surface area contributed by atoms with E-state index in [2.05, 4.69) is 0 Å². The first-order valence-corrected chi connectivity index (χ1v) is 3.72. The number of carboxylic acids is 1. The molecule has 0 fully saturated rings. The van der Waals surface area contributed by atoms with E-state index in [0.29, 0.717) is 10.9 Å². The lowest BCUT2D eigenvalue weighted by Crippen LogP contribution is -1.95. The van der Waals surface area contributed by atoms with E-state index in [-0.39, 0.29) is 5.56 Å². The molecule has 1 aromatic carbocycles. The van der Waals surface area contributed by atoms with Crippen LogP contribution in [-0.4, -0.2) is 21.0 Å². The maximum absolute atomic E-state index is 10.6. The highest BCUT2D eigenvalue weighted by Gasteiger charge is 2.05. The highest BCUT2D eigenvalue weighted by atomic mass is 16.5. The summed E-state index contributed by atoms with van der Waals surface area (Å²) in [4.78, 5) is 10.6. The van der Waals surface area contributed by atoms with Gasteiger partial charge in [0.25, 0.3) is 0 Å². The molecule has 0 amide bonds. The minimum absolute atomic E-state index is 0.221. The summed E-state index contributed by atoms with van der Waals surface area (Å²) in [5.74, 6) is -0.965. The fraction of sp³-hybridized carbons (Fsp3) is 0. The molecule has 1 heterocycles. The summed E-state index contributed by atoms with van der Waals surface area (Å²) >= 11 is 0. The van der Waals surface area contributed by atoms with Crippen LogP contribution >= 0.6 is 0 Å². The zero-order valence-corrected chi connectivity index (χ0v) is 6.64. The Hall–Kier alpha value is -1.97. The number of aromatic nitrogens is 1. The predicted molar refractivity (Wildman–Crippen MR) is 46.1 cm³/mol. The second-order valence-electron chi connectivity index (χ2n) is 2.74. The van der Waals surface area contributed by atoms with Gasteiger partial charge in [0.05, 0.1) is 11.1 Å². The molecule has 0 unspecified atom stereocenters. The molecule has 1 aromatic heterocycles. The van der Waals surface area contributed by atoms with Gasteiger partial charge in [0, 0.05) is 11.6 Å². The fourth-order valence-corrected chi connectivity index (χ4v) is 1.26. The molecule has 0 radical (unpaired) electrons. The van der Waals surface area contributed by atoms with Crippen molar-refractivity contribution < 1.29 is 15.1 Å². The lowest BCUT2D eigenvalue weighted by Gasteiger charge is -1.96. The molecule has 13 heavy (non-hydrogen) atoms. The van der Waals surface area contributed by atoms with Crippen LogP contribution in [-0.2, 0) is 0 Å². The number of hydrogen-bond acceptors (Lipinski definition) is 2. The summed E-state index contributed by atoms with van der Waals surface area (Å²) in [5, 5.41) is 18.6. The Labute approximate surface area is 73.6 Å². The Morgan fingerprint density at radius 1 is 1.31 bits per heavy atom. The summed E-state index contributed by atoms with van der Waals surface area (Å²) in [6.07, 6.45) is 1.47. The van der Waals surface area contributed by atoms with Crippen molar-refractivity contribution in [3.63, 3.8) is 0 Å². The van der Waals surface area contributed by atoms with E-state index in [1.807, 2.05) is 0 Å². The fourth-order valence-electron chi connectivity index (χ4n) is 1.26. The summed E-state index contributed by atoms with van der Waals surface area (Å²) in [5.41, 5.74) is 0.823. The number of carboxylic acid groups (broad SMARTS) is 1. The minimum atomic E-state index is -0.965. The van der Waals surface area contributed by atoms with Gasteiger partial charge in [-0.05, 0) is 24.3 Å². The van der Waals surface area contributed by atoms with Crippen molar-refractivity contribution in [2.75, 3.05) is 0 Å². The van der Waals surface area contributed by atoms with Crippen LogP contribution in [0.3, 0.4) is 0 Å². The number of aromatic carboxylic acids is 1. The number of carbonyl (C=O) groups is 1. The van der Waals surface area contributed by atoms with Crippen LogP contribution in [0.25, 0.3) is 10.9 Å². The summed E-state index contributed by atoms with van der Waals surface area (Å²) in [7, 11) is 0. The molecule has 66 valence electrons. The second-order valence-corrected chi connectivity index (χ2v) is 2.74. The normalized spacial score (nSPS) is 10.5. The Morgan fingerprint density at radius 2 is 2.08 bits per heavy atom. The molecule has 0 saturated heterocycles. The summed E-state index contributed by atoms with van der Waals surface area (Å²) in [6.45, 7) is 0. The predicted octanol–water partition coefficient (Wildman–Crippen LogP) is 1.58. The number of benzene rings is 1. The maximum atomic E-state index is 10.6. The van der Waals surface area contributed by atoms with E-state index in [1.165, 1.54) is 18.3 Å². The highest BCUT2D eigenvalue weighted by Crippen LogP contribution is 2.16. The van der Waals surface area contributed by atoms with Gasteiger partial charge in [-0.25, -0.2) is 4.79 Å². The SMILES string of the molecule is O=C(O)c1ccc2c(ccn2O)c1. The molecule has 2 N–H and O–H groups in total.